The Labute approximate surface area is 168 Å². The van der Waals surface area contributed by atoms with Crippen molar-refractivity contribution >= 4 is 30.8 Å². The molecule has 0 radical (unpaired) electrons. The second-order valence-corrected chi connectivity index (χ2v) is 23.5. The summed E-state index contributed by atoms with van der Waals surface area (Å²) in [7, 11) is -3.69. The zero-order chi connectivity index (χ0) is 21.0. The molecule has 27 heavy (non-hydrogen) atoms. The minimum atomic E-state index is -1.94. The average Bonchev–Trinajstić information content (AvgIpc) is 2.43. The first-order valence-corrected chi connectivity index (χ1v) is 19.8. The van der Waals surface area contributed by atoms with E-state index in [4.69, 9.17) is 13.6 Å². The summed E-state index contributed by atoms with van der Waals surface area (Å²) in [5.41, 5.74) is 1.03. The molecule has 5 nitrogen and oxygen atoms in total. The first-order chi connectivity index (χ1) is 12.1. The Morgan fingerprint density at radius 1 is 0.963 bits per heavy atom. The Morgan fingerprint density at radius 3 is 2.00 bits per heavy atom. The molecular formula is C19H37NO4Si3. The minimum Gasteiger partial charge on any atom is -0.542 e. The Kier molecular flexibility index (Phi) is 7.92. The molecule has 0 amide bonds. The quantitative estimate of drug-likeness (QED) is 0.583. The van der Waals surface area contributed by atoms with Crippen LogP contribution in [0.5, 0.6) is 11.5 Å². The van der Waals surface area contributed by atoms with Crippen molar-refractivity contribution in [3.05, 3.63) is 23.8 Å². The molecule has 1 aromatic rings. The monoisotopic (exact) mass is 427 g/mol. The first-order valence-electron chi connectivity index (χ1n) is 9.46. The van der Waals surface area contributed by atoms with Crippen molar-refractivity contribution in [1.29, 1.82) is 0 Å². The van der Waals surface area contributed by atoms with Crippen LogP contribution < -0.4 is 14.1 Å². The average molecular weight is 428 g/mol. The van der Waals surface area contributed by atoms with E-state index >= 15 is 0 Å². The van der Waals surface area contributed by atoms with Crippen molar-refractivity contribution in [2.75, 3.05) is 7.11 Å². The second-order valence-electron chi connectivity index (χ2n) is 9.88. The maximum atomic E-state index is 12.8. The van der Waals surface area contributed by atoms with Crippen molar-refractivity contribution in [3.63, 3.8) is 0 Å². The molecule has 0 fully saturated rings. The third-order valence-electron chi connectivity index (χ3n) is 3.38. The largest absolute Gasteiger partial charge is 0.542 e. The Hall–Kier alpha value is -1.10. The third-order valence-corrected chi connectivity index (χ3v) is 6.24. The van der Waals surface area contributed by atoms with Gasteiger partial charge in [-0.1, -0.05) is 25.7 Å². The zero-order valence-corrected chi connectivity index (χ0v) is 21.6. The fourth-order valence-electron chi connectivity index (χ4n) is 2.58. The summed E-state index contributed by atoms with van der Waals surface area (Å²) in [6.07, 6.45) is 0.567. The van der Waals surface area contributed by atoms with Gasteiger partial charge < -0.3 is 18.6 Å². The maximum absolute atomic E-state index is 12.8. The molecule has 0 aliphatic rings. The molecule has 8 heteroatoms. The number of rotatable bonds is 9. The summed E-state index contributed by atoms with van der Waals surface area (Å²) in [6, 6.07) is 5.58. The van der Waals surface area contributed by atoms with Gasteiger partial charge >= 0.3 is 5.97 Å². The van der Waals surface area contributed by atoms with Crippen molar-refractivity contribution in [2.24, 2.45) is 0 Å². The zero-order valence-electron chi connectivity index (χ0n) is 18.6. The van der Waals surface area contributed by atoms with E-state index in [1.54, 1.807) is 7.11 Å². The number of hydrogen-bond donors (Lipinski definition) is 1. The number of carbonyl (C=O) groups is 1. The summed E-state index contributed by atoms with van der Waals surface area (Å²) in [6.45, 7) is 19.1. The lowest BCUT2D eigenvalue weighted by Gasteiger charge is -2.29. The van der Waals surface area contributed by atoms with Crippen LogP contribution in [0.4, 0.5) is 0 Å². The van der Waals surface area contributed by atoms with E-state index in [1.165, 1.54) is 0 Å². The molecule has 1 rings (SSSR count). The second kappa shape index (κ2) is 8.93. The summed E-state index contributed by atoms with van der Waals surface area (Å²) in [4.78, 5) is 16.3. The minimum absolute atomic E-state index is 0.155. The van der Waals surface area contributed by atoms with Crippen LogP contribution in [0, 0.1) is 0 Å². The predicted molar refractivity (Wildman–Crippen MR) is 120 cm³/mol. The van der Waals surface area contributed by atoms with Gasteiger partial charge in [-0.25, -0.2) is 0 Å². The number of methoxy groups -OCH3 is 1. The van der Waals surface area contributed by atoms with Gasteiger partial charge in [0, 0.05) is 0 Å². The molecule has 0 bridgehead atoms. The molecule has 0 saturated carbocycles. The highest BCUT2D eigenvalue weighted by molar-refractivity contribution is 6.74. The van der Waals surface area contributed by atoms with Gasteiger partial charge in [0.1, 0.15) is 20.0 Å². The van der Waals surface area contributed by atoms with E-state index in [2.05, 4.69) is 44.3 Å². The molecular weight excluding hydrogens is 390 g/mol. The van der Waals surface area contributed by atoms with Crippen molar-refractivity contribution in [1.82, 2.24) is 4.98 Å². The fourth-order valence-corrected chi connectivity index (χ4v) is 5.42. The van der Waals surface area contributed by atoms with Gasteiger partial charge in [-0.3, -0.25) is 4.79 Å². The van der Waals surface area contributed by atoms with Crippen LogP contribution in [0.25, 0.3) is 0 Å². The molecule has 0 saturated heterocycles. The maximum Gasteiger partial charge on any atom is 0.309 e. The predicted octanol–water partition coefficient (Wildman–Crippen LogP) is 4.62. The molecule has 154 valence electrons. The Morgan fingerprint density at radius 2 is 1.56 bits per heavy atom. The van der Waals surface area contributed by atoms with Crippen LogP contribution in [-0.2, 0) is 15.6 Å². The van der Waals surface area contributed by atoms with Crippen LogP contribution >= 0.6 is 0 Å². The van der Waals surface area contributed by atoms with Crippen LogP contribution in [-0.4, -0.2) is 44.0 Å². The molecule has 1 atom stereocenters. The van der Waals surface area contributed by atoms with E-state index in [0.717, 1.165) is 11.3 Å². The van der Waals surface area contributed by atoms with Gasteiger partial charge in [0.2, 0.25) is 16.6 Å². The van der Waals surface area contributed by atoms with Gasteiger partial charge in [0.05, 0.1) is 7.11 Å². The summed E-state index contributed by atoms with van der Waals surface area (Å²) in [5, 5.41) is 0. The number of carbonyl (C=O) groups excluding carboxylic acids is 1. The lowest BCUT2D eigenvalue weighted by atomic mass is 10.1. The van der Waals surface area contributed by atoms with E-state index in [9.17, 15) is 4.79 Å². The van der Waals surface area contributed by atoms with E-state index in [1.807, 2.05) is 37.8 Å². The van der Waals surface area contributed by atoms with Crippen LogP contribution in [0.15, 0.2) is 18.2 Å². The normalized spacial score (nSPS) is 13.9. The van der Waals surface area contributed by atoms with E-state index in [0.29, 0.717) is 12.2 Å². The highest BCUT2D eigenvalue weighted by atomic mass is 28.4. The van der Waals surface area contributed by atoms with Gasteiger partial charge in [0.25, 0.3) is 0 Å². The molecule has 1 aromatic carbocycles. The smallest absolute Gasteiger partial charge is 0.309 e. The highest BCUT2D eigenvalue weighted by Crippen LogP contribution is 2.31. The van der Waals surface area contributed by atoms with Gasteiger partial charge in [-0.2, -0.15) is 0 Å². The van der Waals surface area contributed by atoms with Crippen molar-refractivity contribution in [2.45, 2.75) is 71.4 Å². The molecule has 0 spiro atoms. The van der Waals surface area contributed by atoms with Crippen molar-refractivity contribution < 1.29 is 18.4 Å². The molecule has 0 aliphatic carbocycles. The lowest BCUT2D eigenvalue weighted by molar-refractivity contribution is -0.137. The van der Waals surface area contributed by atoms with Gasteiger partial charge in [0.15, 0.2) is 5.75 Å². The Balaban J connectivity index is 3.08. The fraction of sp³-hybridized carbons (Fsp3) is 0.632. The summed E-state index contributed by atoms with van der Waals surface area (Å²) >= 11 is 0. The molecule has 0 heterocycles. The first kappa shape index (κ1) is 23.9. The summed E-state index contributed by atoms with van der Waals surface area (Å²) in [5.74, 6) is 1.32. The van der Waals surface area contributed by atoms with E-state index < -0.39 is 24.9 Å². The molecule has 1 N–H and O–H groups in total. The highest BCUT2D eigenvalue weighted by Gasteiger charge is 2.30. The molecule has 0 aliphatic heterocycles. The molecule has 0 aromatic heterocycles. The molecule has 0 unspecified atom stereocenters. The number of hydrogen-bond acceptors (Lipinski definition) is 5. The van der Waals surface area contributed by atoms with E-state index in [-0.39, 0.29) is 12.0 Å². The van der Waals surface area contributed by atoms with Crippen molar-refractivity contribution in [3.8, 4) is 11.5 Å². The van der Waals surface area contributed by atoms with Crippen LogP contribution in [0.1, 0.15) is 5.56 Å². The Bertz CT molecular complexity index is 646. The van der Waals surface area contributed by atoms with Crippen LogP contribution in [0.3, 0.4) is 0 Å². The van der Waals surface area contributed by atoms with Gasteiger partial charge in [-0.05, 0) is 63.4 Å². The standard InChI is InChI=1S/C19H37NO4Si3/c1-22-18-14-15(11-12-17(18)23-26(5,6)7)13-16(20-25(2,3)4)19(21)24-27(8,9)10/h11-12,14,16,20H,13H2,1-10H3/t16-/m0/s1. The number of benzene rings is 1. The SMILES string of the molecule is COc1cc(C[C@H](N[Si](C)(C)C)C(=O)O[Si](C)(C)C)ccc1O[Si](C)(C)C. The lowest BCUT2D eigenvalue weighted by Crippen LogP contribution is -2.54. The third kappa shape index (κ3) is 9.59. The topological polar surface area (TPSA) is 56.8 Å². The summed E-state index contributed by atoms with van der Waals surface area (Å²) < 4.78 is 17.4. The van der Waals surface area contributed by atoms with Gasteiger partial charge in [-0.15, -0.1) is 0 Å². The number of nitrogens with one attached hydrogen (secondary N) is 1. The van der Waals surface area contributed by atoms with Crippen LogP contribution in [0.2, 0.25) is 58.9 Å². The number of ether oxygens (including phenoxy) is 1.